The van der Waals surface area contributed by atoms with Crippen LogP contribution in [0.25, 0.3) is 0 Å². The van der Waals surface area contributed by atoms with E-state index in [2.05, 4.69) is 18.4 Å². The summed E-state index contributed by atoms with van der Waals surface area (Å²) in [6, 6.07) is 0. The van der Waals surface area contributed by atoms with Crippen molar-refractivity contribution in [1.82, 2.24) is 0 Å². The van der Waals surface area contributed by atoms with Gasteiger partial charge in [-0.2, -0.15) is 0 Å². The second-order valence-electron chi connectivity index (χ2n) is 14.3. The number of phosphoric ester groups is 1. The maximum absolute atomic E-state index is 12.4. The van der Waals surface area contributed by atoms with Crippen LogP contribution < -0.4 is 0 Å². The lowest BCUT2D eigenvalue weighted by molar-refractivity contribution is -0.161. The summed E-state index contributed by atoms with van der Waals surface area (Å²) in [6.07, 6.45) is 38.7. The number of hydrogen-bond acceptors (Lipinski definition) is 6. The number of esters is 2. The van der Waals surface area contributed by atoms with Gasteiger partial charge in [0.1, 0.15) is 6.61 Å². The SMILES string of the molecule is CCCCCCCCCCCCCCCCCCCCCCCCCCC(=O)OC(COC(=O)CCCCCCCCC)COP(=O)(O)O. The first-order chi connectivity index (χ1) is 23.8. The maximum Gasteiger partial charge on any atom is 0.469 e. The third-order valence-electron chi connectivity index (χ3n) is 9.38. The summed E-state index contributed by atoms with van der Waals surface area (Å²) in [7, 11) is -4.74. The van der Waals surface area contributed by atoms with Crippen LogP contribution in [0.4, 0.5) is 0 Å². The number of phosphoric acid groups is 1. The Morgan fingerprint density at radius 3 is 1.04 bits per heavy atom. The zero-order chi connectivity index (χ0) is 36.1. The standard InChI is InChI=1S/C40H79O8P/c1-3-5-7-9-11-12-13-14-15-16-17-18-19-20-21-22-23-24-25-26-27-29-31-33-35-40(42)48-38(37-47-49(43,44)45)36-46-39(41)34-32-30-28-10-8-6-4-2/h38H,3-37H2,1-2H3,(H2,43,44,45). The molecule has 1 unspecified atom stereocenters. The maximum atomic E-state index is 12.4. The van der Waals surface area contributed by atoms with Crippen molar-refractivity contribution in [2.75, 3.05) is 13.2 Å². The smallest absolute Gasteiger partial charge is 0.462 e. The van der Waals surface area contributed by atoms with Gasteiger partial charge in [-0.25, -0.2) is 4.57 Å². The quantitative estimate of drug-likeness (QED) is 0.0366. The van der Waals surface area contributed by atoms with Gasteiger partial charge in [0.2, 0.25) is 0 Å². The fourth-order valence-corrected chi connectivity index (χ4v) is 6.62. The molecule has 0 amide bonds. The molecule has 0 spiro atoms. The van der Waals surface area contributed by atoms with E-state index < -0.39 is 32.5 Å². The van der Waals surface area contributed by atoms with E-state index in [0.29, 0.717) is 6.42 Å². The molecule has 0 saturated carbocycles. The Kier molecular flexibility index (Phi) is 36.1. The first-order valence-corrected chi connectivity index (χ1v) is 22.4. The molecular weight excluding hydrogens is 639 g/mol. The Hall–Kier alpha value is -0.950. The van der Waals surface area contributed by atoms with Crippen LogP contribution in [0.1, 0.15) is 226 Å². The molecule has 0 aromatic heterocycles. The van der Waals surface area contributed by atoms with E-state index in [1.807, 2.05) is 0 Å². The van der Waals surface area contributed by atoms with Crippen LogP contribution in [0.5, 0.6) is 0 Å². The van der Waals surface area contributed by atoms with Gasteiger partial charge in [0, 0.05) is 12.8 Å². The van der Waals surface area contributed by atoms with Gasteiger partial charge in [0.15, 0.2) is 6.10 Å². The van der Waals surface area contributed by atoms with E-state index in [4.69, 9.17) is 19.3 Å². The topological polar surface area (TPSA) is 119 Å². The van der Waals surface area contributed by atoms with E-state index in [-0.39, 0.29) is 19.4 Å². The van der Waals surface area contributed by atoms with Crippen molar-refractivity contribution in [2.45, 2.75) is 232 Å². The molecule has 49 heavy (non-hydrogen) atoms. The molecule has 0 heterocycles. The lowest BCUT2D eigenvalue weighted by Crippen LogP contribution is -2.29. The monoisotopic (exact) mass is 719 g/mol. The lowest BCUT2D eigenvalue weighted by atomic mass is 10.0. The van der Waals surface area contributed by atoms with Crippen molar-refractivity contribution in [3.8, 4) is 0 Å². The van der Waals surface area contributed by atoms with Crippen LogP contribution in [0, 0.1) is 0 Å². The Bertz CT molecular complexity index is 771. The molecule has 0 rings (SSSR count). The van der Waals surface area contributed by atoms with Gasteiger partial charge in [-0.15, -0.1) is 0 Å². The highest BCUT2D eigenvalue weighted by atomic mass is 31.2. The first-order valence-electron chi connectivity index (χ1n) is 20.8. The Morgan fingerprint density at radius 1 is 0.449 bits per heavy atom. The summed E-state index contributed by atoms with van der Waals surface area (Å²) in [5, 5.41) is 0. The van der Waals surface area contributed by atoms with Crippen molar-refractivity contribution in [3.63, 3.8) is 0 Å². The predicted octanol–water partition coefficient (Wildman–Crippen LogP) is 12.5. The van der Waals surface area contributed by atoms with E-state index in [1.165, 1.54) is 161 Å². The number of ether oxygens (including phenoxy) is 2. The van der Waals surface area contributed by atoms with Crippen LogP contribution in [-0.4, -0.2) is 41.0 Å². The Morgan fingerprint density at radius 2 is 0.735 bits per heavy atom. The van der Waals surface area contributed by atoms with Gasteiger partial charge in [0.25, 0.3) is 0 Å². The molecule has 0 radical (unpaired) electrons. The van der Waals surface area contributed by atoms with E-state index in [0.717, 1.165) is 32.1 Å². The largest absolute Gasteiger partial charge is 0.469 e. The summed E-state index contributed by atoms with van der Waals surface area (Å²) in [5.41, 5.74) is 0. The van der Waals surface area contributed by atoms with Gasteiger partial charge >= 0.3 is 19.8 Å². The van der Waals surface area contributed by atoms with E-state index in [1.54, 1.807) is 0 Å². The summed E-state index contributed by atoms with van der Waals surface area (Å²) in [6.45, 7) is 3.65. The Balaban J connectivity index is 3.70. The van der Waals surface area contributed by atoms with E-state index >= 15 is 0 Å². The molecular formula is C40H79O8P. The summed E-state index contributed by atoms with van der Waals surface area (Å²) in [4.78, 5) is 42.5. The molecule has 0 fully saturated rings. The van der Waals surface area contributed by atoms with Crippen molar-refractivity contribution in [2.24, 2.45) is 0 Å². The van der Waals surface area contributed by atoms with Gasteiger partial charge in [-0.05, 0) is 12.8 Å². The molecule has 9 heteroatoms. The minimum absolute atomic E-state index is 0.220. The summed E-state index contributed by atoms with van der Waals surface area (Å²) in [5.74, 6) is -0.878. The highest BCUT2D eigenvalue weighted by Crippen LogP contribution is 2.36. The molecule has 0 aromatic carbocycles. The molecule has 292 valence electrons. The number of hydrogen-bond donors (Lipinski definition) is 2. The summed E-state index contributed by atoms with van der Waals surface area (Å²) < 4.78 is 26.2. The van der Waals surface area contributed by atoms with Crippen molar-refractivity contribution in [3.05, 3.63) is 0 Å². The zero-order valence-electron chi connectivity index (χ0n) is 32.1. The Labute approximate surface area is 302 Å². The predicted molar refractivity (Wildman–Crippen MR) is 203 cm³/mol. The molecule has 1 atom stereocenters. The highest BCUT2D eigenvalue weighted by molar-refractivity contribution is 7.46. The van der Waals surface area contributed by atoms with Crippen LogP contribution in [0.3, 0.4) is 0 Å². The molecule has 0 aromatic rings. The third kappa shape index (κ3) is 39.7. The normalized spacial score (nSPS) is 12.3. The first kappa shape index (κ1) is 48.0. The highest BCUT2D eigenvalue weighted by Gasteiger charge is 2.22. The number of carbonyl (C=O) groups is 2. The zero-order valence-corrected chi connectivity index (χ0v) is 33.0. The molecule has 0 aliphatic carbocycles. The van der Waals surface area contributed by atoms with Crippen LogP contribution >= 0.6 is 7.82 Å². The van der Waals surface area contributed by atoms with Crippen LogP contribution in [0.2, 0.25) is 0 Å². The second-order valence-corrected chi connectivity index (χ2v) is 15.6. The molecule has 0 bridgehead atoms. The molecule has 0 aliphatic heterocycles. The van der Waals surface area contributed by atoms with Crippen LogP contribution in [-0.2, 0) is 28.2 Å². The van der Waals surface area contributed by atoms with Crippen molar-refractivity contribution < 1.29 is 37.9 Å². The minimum Gasteiger partial charge on any atom is -0.462 e. The fraction of sp³-hybridized carbons (Fsp3) is 0.950. The van der Waals surface area contributed by atoms with Gasteiger partial charge in [0.05, 0.1) is 6.61 Å². The van der Waals surface area contributed by atoms with Crippen LogP contribution in [0.15, 0.2) is 0 Å². The second kappa shape index (κ2) is 36.8. The summed E-state index contributed by atoms with van der Waals surface area (Å²) >= 11 is 0. The molecule has 8 nitrogen and oxygen atoms in total. The van der Waals surface area contributed by atoms with Gasteiger partial charge in [-0.1, -0.05) is 200 Å². The molecule has 2 N–H and O–H groups in total. The average molecular weight is 719 g/mol. The van der Waals surface area contributed by atoms with Gasteiger partial charge < -0.3 is 19.3 Å². The fourth-order valence-electron chi connectivity index (χ4n) is 6.26. The van der Waals surface area contributed by atoms with Gasteiger partial charge in [-0.3, -0.25) is 14.1 Å². The molecule has 0 aliphatic rings. The molecule has 0 saturated heterocycles. The van der Waals surface area contributed by atoms with Crippen molar-refractivity contribution in [1.29, 1.82) is 0 Å². The number of carbonyl (C=O) groups excluding carboxylic acids is 2. The minimum atomic E-state index is -4.74. The third-order valence-corrected chi connectivity index (χ3v) is 9.86. The number of unbranched alkanes of at least 4 members (excludes halogenated alkanes) is 29. The average Bonchev–Trinajstić information content (AvgIpc) is 3.07. The van der Waals surface area contributed by atoms with Crippen molar-refractivity contribution >= 4 is 19.8 Å². The number of rotatable bonds is 39. The lowest BCUT2D eigenvalue weighted by Gasteiger charge is -2.18. The van der Waals surface area contributed by atoms with E-state index in [9.17, 15) is 14.2 Å².